The fourth-order valence-electron chi connectivity index (χ4n) is 3.67. The summed E-state index contributed by atoms with van der Waals surface area (Å²) in [5, 5.41) is 3.71. The summed E-state index contributed by atoms with van der Waals surface area (Å²) in [6, 6.07) is 16.8. The Morgan fingerprint density at radius 1 is 1.03 bits per heavy atom. The molecule has 4 aromatic rings. The van der Waals surface area contributed by atoms with Gasteiger partial charge in [0.25, 0.3) is 0 Å². The number of anilines is 2. The Morgan fingerprint density at radius 2 is 1.81 bits per heavy atom. The number of nitrogens with zero attached hydrogens (tertiary/aromatic N) is 2. The predicted molar refractivity (Wildman–Crippen MR) is 126 cm³/mol. The molecule has 7 nitrogen and oxygen atoms in total. The predicted octanol–water partition coefficient (Wildman–Crippen LogP) is 5.01. The van der Waals surface area contributed by atoms with Crippen molar-refractivity contribution in [1.82, 2.24) is 9.97 Å². The Morgan fingerprint density at radius 3 is 2.56 bits per heavy atom. The zero-order valence-corrected chi connectivity index (χ0v) is 18.4. The van der Waals surface area contributed by atoms with Crippen molar-refractivity contribution in [3.8, 4) is 11.1 Å². The highest BCUT2D eigenvalue weighted by molar-refractivity contribution is 6.11. The normalized spacial score (nSPS) is 10.8. The molecule has 0 saturated heterocycles. The number of carbonyl (C=O) groups is 2. The second-order valence-corrected chi connectivity index (χ2v) is 7.74. The summed E-state index contributed by atoms with van der Waals surface area (Å²) in [6.07, 6.45) is 1.27. The van der Waals surface area contributed by atoms with E-state index in [0.717, 1.165) is 27.7 Å². The van der Waals surface area contributed by atoms with Crippen LogP contribution in [0.5, 0.6) is 0 Å². The number of aromatic amines is 1. The molecule has 0 aliphatic carbocycles. The monoisotopic (exact) mass is 428 g/mol. The third-order valence-corrected chi connectivity index (χ3v) is 5.19. The Labute approximate surface area is 186 Å². The molecule has 2 heterocycles. The van der Waals surface area contributed by atoms with Gasteiger partial charge in [-0.15, -0.1) is 0 Å². The average Bonchev–Trinajstić information content (AvgIpc) is 3.26. The lowest BCUT2D eigenvalue weighted by Gasteiger charge is -2.14. The summed E-state index contributed by atoms with van der Waals surface area (Å²) in [7, 11) is 5.06. The van der Waals surface area contributed by atoms with Crippen molar-refractivity contribution < 1.29 is 14.3 Å². The van der Waals surface area contributed by atoms with Gasteiger partial charge in [-0.3, -0.25) is 10.1 Å². The zero-order chi connectivity index (χ0) is 22.8. The molecule has 0 unspecified atom stereocenters. The number of rotatable bonds is 5. The maximum absolute atomic E-state index is 13.5. The summed E-state index contributed by atoms with van der Waals surface area (Å²) in [5.41, 5.74) is 4.96. The van der Waals surface area contributed by atoms with Gasteiger partial charge in [0.15, 0.2) is 5.78 Å². The first-order chi connectivity index (χ1) is 15.4. The summed E-state index contributed by atoms with van der Waals surface area (Å²) in [5.74, 6) is 0.545. The number of nitrogens with one attached hydrogen (secondary N) is 2. The SMILES string of the molecule is COC(=O)Nc1cc(C(=O)c2cc(C)nc(N(C)C)c2)cc(-c2cccc3[nH]ccc23)c1. The lowest BCUT2D eigenvalue weighted by molar-refractivity contribution is 0.103. The van der Waals surface area contributed by atoms with Gasteiger partial charge in [0, 0.05) is 53.7 Å². The van der Waals surface area contributed by atoms with Crippen molar-refractivity contribution in [2.45, 2.75) is 6.92 Å². The minimum absolute atomic E-state index is 0.158. The number of pyridine rings is 1. The molecular formula is C25H24N4O3. The first-order valence-corrected chi connectivity index (χ1v) is 10.1. The van der Waals surface area contributed by atoms with E-state index in [1.165, 1.54) is 7.11 Å². The second kappa shape index (κ2) is 8.55. The quantitative estimate of drug-likeness (QED) is 0.436. The van der Waals surface area contributed by atoms with Gasteiger partial charge in [-0.05, 0) is 60.5 Å². The van der Waals surface area contributed by atoms with E-state index in [9.17, 15) is 9.59 Å². The van der Waals surface area contributed by atoms with E-state index >= 15 is 0 Å². The highest BCUT2D eigenvalue weighted by Gasteiger charge is 2.16. The highest BCUT2D eigenvalue weighted by Crippen LogP contribution is 2.32. The number of ether oxygens (including phenoxy) is 1. The molecule has 2 N–H and O–H groups in total. The largest absolute Gasteiger partial charge is 0.453 e. The molecule has 0 aliphatic heterocycles. The number of hydrogen-bond donors (Lipinski definition) is 2. The molecular weight excluding hydrogens is 404 g/mol. The third-order valence-electron chi connectivity index (χ3n) is 5.19. The van der Waals surface area contributed by atoms with Gasteiger partial charge in [-0.2, -0.15) is 0 Å². The molecule has 4 rings (SSSR count). The molecule has 162 valence electrons. The van der Waals surface area contributed by atoms with E-state index < -0.39 is 6.09 Å². The van der Waals surface area contributed by atoms with E-state index in [1.807, 2.05) is 68.5 Å². The molecule has 1 amide bonds. The number of aromatic nitrogens is 2. The molecule has 0 radical (unpaired) electrons. The van der Waals surface area contributed by atoms with Gasteiger partial charge in [0.1, 0.15) is 5.82 Å². The van der Waals surface area contributed by atoms with Crippen LogP contribution < -0.4 is 10.2 Å². The second-order valence-electron chi connectivity index (χ2n) is 7.74. The molecule has 0 atom stereocenters. The standard InChI is InChI=1S/C25H24N4O3/c1-15-10-17(14-23(27-15)29(2)3)24(30)18-11-16(12-19(13-18)28-25(31)32-4)20-6-5-7-22-21(20)8-9-26-22/h5-14,26H,1-4H3,(H,28,31). The maximum Gasteiger partial charge on any atom is 0.411 e. The lowest BCUT2D eigenvalue weighted by atomic mass is 9.95. The van der Waals surface area contributed by atoms with E-state index in [4.69, 9.17) is 4.74 Å². The highest BCUT2D eigenvalue weighted by atomic mass is 16.5. The minimum Gasteiger partial charge on any atom is -0.453 e. The molecule has 7 heteroatoms. The van der Waals surface area contributed by atoms with Crippen molar-refractivity contribution in [3.63, 3.8) is 0 Å². The van der Waals surface area contributed by atoms with Gasteiger partial charge in [0.2, 0.25) is 0 Å². The van der Waals surface area contributed by atoms with Gasteiger partial charge >= 0.3 is 6.09 Å². The number of amides is 1. The number of carbonyl (C=O) groups excluding carboxylic acids is 2. The van der Waals surface area contributed by atoms with Crippen LogP contribution in [-0.2, 0) is 4.74 Å². The Balaban J connectivity index is 1.86. The lowest BCUT2D eigenvalue weighted by Crippen LogP contribution is -2.14. The van der Waals surface area contributed by atoms with Crippen LogP contribution in [-0.4, -0.2) is 43.0 Å². The van der Waals surface area contributed by atoms with Crippen LogP contribution in [0, 0.1) is 6.92 Å². The topological polar surface area (TPSA) is 87.3 Å². The maximum atomic E-state index is 13.5. The molecule has 0 bridgehead atoms. The van der Waals surface area contributed by atoms with Crippen molar-refractivity contribution in [3.05, 3.63) is 77.6 Å². The number of ketones is 1. The minimum atomic E-state index is -0.602. The number of benzene rings is 2. The summed E-state index contributed by atoms with van der Waals surface area (Å²) in [6.45, 7) is 1.86. The van der Waals surface area contributed by atoms with E-state index in [0.29, 0.717) is 22.6 Å². The first kappa shape index (κ1) is 21.1. The van der Waals surface area contributed by atoms with Crippen LogP contribution in [0.15, 0.2) is 60.8 Å². The van der Waals surface area contributed by atoms with Gasteiger partial charge in [-0.1, -0.05) is 12.1 Å². The summed E-state index contributed by atoms with van der Waals surface area (Å²) < 4.78 is 4.75. The molecule has 32 heavy (non-hydrogen) atoms. The molecule has 0 fully saturated rings. The first-order valence-electron chi connectivity index (χ1n) is 10.1. The van der Waals surface area contributed by atoms with Crippen molar-refractivity contribution >= 4 is 34.3 Å². The van der Waals surface area contributed by atoms with Crippen LogP contribution in [0.4, 0.5) is 16.3 Å². The van der Waals surface area contributed by atoms with Crippen LogP contribution in [0.1, 0.15) is 21.6 Å². The molecule has 0 spiro atoms. The average molecular weight is 428 g/mol. The molecule has 0 aliphatic rings. The fraction of sp³-hybridized carbons (Fsp3) is 0.160. The van der Waals surface area contributed by atoms with Crippen molar-refractivity contribution in [2.24, 2.45) is 0 Å². The zero-order valence-electron chi connectivity index (χ0n) is 18.4. The Kier molecular flexibility index (Phi) is 5.64. The number of fused-ring (bicyclic) bond motifs is 1. The number of methoxy groups -OCH3 is 1. The fourth-order valence-corrected chi connectivity index (χ4v) is 3.67. The van der Waals surface area contributed by atoms with Gasteiger partial charge < -0.3 is 14.6 Å². The van der Waals surface area contributed by atoms with E-state index in [-0.39, 0.29) is 5.78 Å². The molecule has 2 aromatic heterocycles. The smallest absolute Gasteiger partial charge is 0.411 e. The van der Waals surface area contributed by atoms with Gasteiger partial charge in [0.05, 0.1) is 7.11 Å². The van der Waals surface area contributed by atoms with Crippen molar-refractivity contribution in [2.75, 3.05) is 31.4 Å². The van der Waals surface area contributed by atoms with Crippen LogP contribution in [0.2, 0.25) is 0 Å². The third kappa shape index (κ3) is 4.18. The van der Waals surface area contributed by atoms with E-state index in [2.05, 4.69) is 15.3 Å². The number of hydrogen-bond acceptors (Lipinski definition) is 5. The summed E-state index contributed by atoms with van der Waals surface area (Å²) in [4.78, 5) is 34.9. The summed E-state index contributed by atoms with van der Waals surface area (Å²) >= 11 is 0. The van der Waals surface area contributed by atoms with Gasteiger partial charge in [-0.25, -0.2) is 9.78 Å². The van der Waals surface area contributed by atoms with E-state index in [1.54, 1.807) is 18.2 Å². The molecule has 2 aromatic carbocycles. The Hall–Kier alpha value is -4.13. The van der Waals surface area contributed by atoms with Crippen LogP contribution in [0.25, 0.3) is 22.0 Å². The van der Waals surface area contributed by atoms with Crippen LogP contribution >= 0.6 is 0 Å². The van der Waals surface area contributed by atoms with Crippen LogP contribution in [0.3, 0.4) is 0 Å². The van der Waals surface area contributed by atoms with Crippen molar-refractivity contribution in [1.29, 1.82) is 0 Å². The number of H-pyrrole nitrogens is 1. The number of aryl methyl sites for hydroxylation is 1. The molecule has 0 saturated carbocycles. The Bertz CT molecular complexity index is 1320.